The van der Waals surface area contributed by atoms with Gasteiger partial charge in [0.25, 0.3) is 0 Å². The number of rotatable bonds is 7. The van der Waals surface area contributed by atoms with E-state index >= 15 is 0 Å². The molecule has 2 rings (SSSR count). The maximum Gasteiger partial charge on any atom is 0.128 e. The first-order chi connectivity index (χ1) is 10.2. The summed E-state index contributed by atoms with van der Waals surface area (Å²) in [5, 5.41) is 3.98. The van der Waals surface area contributed by atoms with Gasteiger partial charge >= 0.3 is 0 Å². The fraction of sp³-hybridized carbons (Fsp3) is 0.353. The van der Waals surface area contributed by atoms with Crippen molar-refractivity contribution in [1.29, 1.82) is 0 Å². The molecule has 0 aliphatic carbocycles. The zero-order chi connectivity index (χ0) is 15.1. The van der Waals surface area contributed by atoms with Crippen molar-refractivity contribution in [3.8, 4) is 0 Å². The molecule has 3 nitrogen and oxygen atoms in total. The molecule has 0 aliphatic rings. The smallest absolute Gasteiger partial charge is 0.128 e. The lowest BCUT2D eigenvalue weighted by molar-refractivity contribution is 0.708. The van der Waals surface area contributed by atoms with E-state index in [1.165, 1.54) is 5.56 Å². The van der Waals surface area contributed by atoms with E-state index in [2.05, 4.69) is 53.4 Å². The Bertz CT molecular complexity index is 557. The van der Waals surface area contributed by atoms with E-state index in [0.717, 1.165) is 36.0 Å². The van der Waals surface area contributed by atoms with Gasteiger partial charge in [0.2, 0.25) is 0 Å². The Balaban J connectivity index is 2.00. The maximum atomic E-state index is 6.19. The molecule has 0 amide bonds. The first kappa shape index (κ1) is 15.8. The van der Waals surface area contributed by atoms with Crippen molar-refractivity contribution in [3.05, 3.63) is 58.7 Å². The molecule has 2 aromatic rings. The number of hydrogen-bond acceptors (Lipinski definition) is 3. The normalized spacial score (nSPS) is 10.6. The lowest BCUT2D eigenvalue weighted by Gasteiger charge is -2.19. The molecule has 1 heterocycles. The van der Waals surface area contributed by atoms with E-state index in [0.29, 0.717) is 6.54 Å². The molecule has 0 bridgehead atoms. The van der Waals surface area contributed by atoms with Gasteiger partial charge in [0.1, 0.15) is 5.82 Å². The van der Waals surface area contributed by atoms with Gasteiger partial charge in [-0.2, -0.15) is 0 Å². The standard InChI is InChI=1S/C17H22ClN3/c1-3-19-13-16-15(18)9-10-17(20-16)21(2)12-11-14-7-5-4-6-8-14/h4-10,19H,3,11-13H2,1-2H3. The van der Waals surface area contributed by atoms with Crippen molar-refractivity contribution < 1.29 is 0 Å². The first-order valence-electron chi connectivity index (χ1n) is 7.32. The summed E-state index contributed by atoms with van der Waals surface area (Å²) in [5.74, 6) is 0.961. The third kappa shape index (κ3) is 4.73. The summed E-state index contributed by atoms with van der Waals surface area (Å²) in [6.45, 7) is 4.62. The van der Waals surface area contributed by atoms with Crippen molar-refractivity contribution in [3.63, 3.8) is 0 Å². The third-order valence-electron chi connectivity index (χ3n) is 3.42. The largest absolute Gasteiger partial charge is 0.359 e. The summed E-state index contributed by atoms with van der Waals surface area (Å²) in [6, 6.07) is 14.4. The number of anilines is 1. The van der Waals surface area contributed by atoms with Crippen LogP contribution >= 0.6 is 11.6 Å². The van der Waals surface area contributed by atoms with Crippen LogP contribution in [0.5, 0.6) is 0 Å². The van der Waals surface area contributed by atoms with Gasteiger partial charge in [-0.3, -0.25) is 0 Å². The van der Waals surface area contributed by atoms with Crippen molar-refractivity contribution in [1.82, 2.24) is 10.3 Å². The van der Waals surface area contributed by atoms with E-state index in [-0.39, 0.29) is 0 Å². The van der Waals surface area contributed by atoms with Crippen molar-refractivity contribution in [2.45, 2.75) is 19.9 Å². The molecule has 0 spiro atoms. The Morgan fingerprint density at radius 2 is 1.90 bits per heavy atom. The summed E-state index contributed by atoms with van der Waals surface area (Å²) in [6.07, 6.45) is 1.00. The fourth-order valence-corrected chi connectivity index (χ4v) is 2.28. The second-order valence-electron chi connectivity index (χ2n) is 5.04. The molecule has 21 heavy (non-hydrogen) atoms. The highest BCUT2D eigenvalue weighted by Gasteiger charge is 2.07. The Kier molecular flexibility index (Phi) is 6.03. The number of hydrogen-bond donors (Lipinski definition) is 1. The molecule has 1 N–H and O–H groups in total. The number of nitrogens with one attached hydrogen (secondary N) is 1. The van der Waals surface area contributed by atoms with Crippen LogP contribution in [0.4, 0.5) is 5.82 Å². The van der Waals surface area contributed by atoms with Crippen molar-refractivity contribution in [2.24, 2.45) is 0 Å². The van der Waals surface area contributed by atoms with Crippen molar-refractivity contribution in [2.75, 3.05) is 25.0 Å². The minimum absolute atomic E-state index is 0.704. The molecule has 1 aromatic carbocycles. The number of aromatic nitrogens is 1. The third-order valence-corrected chi connectivity index (χ3v) is 3.76. The minimum atomic E-state index is 0.704. The van der Waals surface area contributed by atoms with E-state index < -0.39 is 0 Å². The van der Waals surface area contributed by atoms with Gasteiger partial charge in [-0.1, -0.05) is 48.9 Å². The summed E-state index contributed by atoms with van der Waals surface area (Å²) in [7, 11) is 2.07. The van der Waals surface area contributed by atoms with Crippen LogP contribution in [0, 0.1) is 0 Å². The van der Waals surface area contributed by atoms with Gasteiger partial charge in [0.15, 0.2) is 0 Å². The number of pyridine rings is 1. The summed E-state index contributed by atoms with van der Waals surface area (Å²) >= 11 is 6.19. The molecule has 0 saturated heterocycles. The predicted octanol–water partition coefficient (Wildman–Crippen LogP) is 3.52. The summed E-state index contributed by atoms with van der Waals surface area (Å²) in [5.41, 5.74) is 2.24. The molecular weight excluding hydrogens is 282 g/mol. The predicted molar refractivity (Wildman–Crippen MR) is 90.0 cm³/mol. The highest BCUT2D eigenvalue weighted by Crippen LogP contribution is 2.19. The van der Waals surface area contributed by atoms with Crippen LogP contribution in [0.3, 0.4) is 0 Å². The molecule has 0 aliphatic heterocycles. The first-order valence-corrected chi connectivity index (χ1v) is 7.69. The molecule has 0 atom stereocenters. The summed E-state index contributed by atoms with van der Waals surface area (Å²) in [4.78, 5) is 6.82. The monoisotopic (exact) mass is 303 g/mol. The van der Waals surface area contributed by atoms with Gasteiger partial charge < -0.3 is 10.2 Å². The highest BCUT2D eigenvalue weighted by molar-refractivity contribution is 6.31. The minimum Gasteiger partial charge on any atom is -0.359 e. The second kappa shape index (κ2) is 8.01. The van der Waals surface area contributed by atoms with E-state index in [9.17, 15) is 0 Å². The Hall–Kier alpha value is -1.58. The average molecular weight is 304 g/mol. The topological polar surface area (TPSA) is 28.2 Å². The number of nitrogens with zero attached hydrogens (tertiary/aromatic N) is 2. The zero-order valence-corrected chi connectivity index (χ0v) is 13.4. The van der Waals surface area contributed by atoms with Gasteiger partial charge in [0.05, 0.1) is 10.7 Å². The van der Waals surface area contributed by atoms with Crippen LogP contribution in [0.1, 0.15) is 18.2 Å². The molecule has 1 aromatic heterocycles. The molecule has 0 fully saturated rings. The second-order valence-corrected chi connectivity index (χ2v) is 5.44. The molecule has 4 heteroatoms. The Morgan fingerprint density at radius 1 is 1.14 bits per heavy atom. The van der Waals surface area contributed by atoms with Crippen LogP contribution in [-0.4, -0.2) is 25.1 Å². The Labute approximate surface area is 132 Å². The van der Waals surface area contributed by atoms with Crippen LogP contribution < -0.4 is 10.2 Å². The number of likely N-dealkylation sites (N-methyl/N-ethyl adjacent to an activating group) is 1. The average Bonchev–Trinajstić information content (AvgIpc) is 2.53. The van der Waals surface area contributed by atoms with Gasteiger partial charge in [-0.05, 0) is 30.7 Å². The van der Waals surface area contributed by atoms with Crippen LogP contribution in [0.15, 0.2) is 42.5 Å². The number of halogens is 1. The van der Waals surface area contributed by atoms with Gasteiger partial charge in [0, 0.05) is 20.1 Å². The van der Waals surface area contributed by atoms with E-state index in [1.54, 1.807) is 0 Å². The lowest BCUT2D eigenvalue weighted by atomic mass is 10.1. The zero-order valence-electron chi connectivity index (χ0n) is 12.6. The molecule has 0 saturated carbocycles. The molecule has 0 radical (unpaired) electrons. The molecular formula is C17H22ClN3. The quantitative estimate of drug-likeness (QED) is 0.848. The highest BCUT2D eigenvalue weighted by atomic mass is 35.5. The van der Waals surface area contributed by atoms with E-state index in [1.807, 2.05) is 18.2 Å². The van der Waals surface area contributed by atoms with Crippen LogP contribution in [-0.2, 0) is 13.0 Å². The van der Waals surface area contributed by atoms with Gasteiger partial charge in [-0.15, -0.1) is 0 Å². The van der Waals surface area contributed by atoms with Crippen LogP contribution in [0.2, 0.25) is 5.02 Å². The maximum absolute atomic E-state index is 6.19. The SMILES string of the molecule is CCNCc1nc(N(C)CCc2ccccc2)ccc1Cl. The Morgan fingerprint density at radius 3 is 2.62 bits per heavy atom. The fourth-order valence-electron chi connectivity index (χ4n) is 2.11. The van der Waals surface area contributed by atoms with E-state index in [4.69, 9.17) is 11.6 Å². The molecule has 112 valence electrons. The van der Waals surface area contributed by atoms with Gasteiger partial charge in [-0.25, -0.2) is 4.98 Å². The van der Waals surface area contributed by atoms with Crippen molar-refractivity contribution >= 4 is 17.4 Å². The number of benzene rings is 1. The van der Waals surface area contributed by atoms with Crippen LogP contribution in [0.25, 0.3) is 0 Å². The lowest BCUT2D eigenvalue weighted by Crippen LogP contribution is -2.22. The summed E-state index contributed by atoms with van der Waals surface area (Å²) < 4.78 is 0. The molecule has 0 unspecified atom stereocenters.